The van der Waals surface area contributed by atoms with Gasteiger partial charge in [0.15, 0.2) is 0 Å². The van der Waals surface area contributed by atoms with Crippen LogP contribution in [-0.2, 0) is 4.74 Å². The van der Waals surface area contributed by atoms with Crippen LogP contribution < -0.4 is 5.32 Å². The highest BCUT2D eigenvalue weighted by Crippen LogP contribution is 2.28. The van der Waals surface area contributed by atoms with Gasteiger partial charge in [-0.25, -0.2) is 0 Å². The fourth-order valence-corrected chi connectivity index (χ4v) is 2.03. The van der Waals surface area contributed by atoms with E-state index in [4.69, 9.17) is 4.74 Å². The lowest BCUT2D eigenvalue weighted by Gasteiger charge is -2.22. The van der Waals surface area contributed by atoms with Crippen molar-refractivity contribution < 1.29 is 4.74 Å². The summed E-state index contributed by atoms with van der Waals surface area (Å²) in [5.41, 5.74) is 0. The predicted octanol–water partition coefficient (Wildman–Crippen LogP) is 1.80. The van der Waals surface area contributed by atoms with E-state index in [2.05, 4.69) is 19.2 Å². The highest BCUT2D eigenvalue weighted by Gasteiger charge is 2.27. The van der Waals surface area contributed by atoms with E-state index >= 15 is 0 Å². The standard InChI is InChI=1S/C10H21NO/c1-8(2)12-10-6-4-5-9(10)7-11-3/h8-11H,4-7H2,1-3H3. The largest absolute Gasteiger partial charge is 0.375 e. The zero-order valence-corrected chi connectivity index (χ0v) is 8.47. The van der Waals surface area contributed by atoms with E-state index in [1.54, 1.807) is 0 Å². The summed E-state index contributed by atoms with van der Waals surface area (Å²) < 4.78 is 5.84. The van der Waals surface area contributed by atoms with Crippen LogP contribution in [0.1, 0.15) is 33.1 Å². The molecular formula is C10H21NO. The molecule has 0 aromatic rings. The number of ether oxygens (including phenoxy) is 1. The van der Waals surface area contributed by atoms with E-state index in [0.717, 1.165) is 12.5 Å². The van der Waals surface area contributed by atoms with Crippen molar-refractivity contribution in [2.45, 2.75) is 45.3 Å². The Labute approximate surface area is 75.7 Å². The molecule has 12 heavy (non-hydrogen) atoms. The van der Waals surface area contributed by atoms with Crippen molar-refractivity contribution in [1.82, 2.24) is 5.32 Å². The molecule has 0 heterocycles. The first-order chi connectivity index (χ1) is 5.74. The molecule has 0 aliphatic heterocycles. The van der Waals surface area contributed by atoms with Crippen LogP contribution in [0.4, 0.5) is 0 Å². The minimum Gasteiger partial charge on any atom is -0.375 e. The summed E-state index contributed by atoms with van der Waals surface area (Å²) in [6.07, 6.45) is 4.82. The van der Waals surface area contributed by atoms with Crippen LogP contribution in [-0.4, -0.2) is 25.8 Å². The molecule has 0 radical (unpaired) electrons. The Hall–Kier alpha value is -0.0800. The van der Waals surface area contributed by atoms with Gasteiger partial charge < -0.3 is 10.1 Å². The average molecular weight is 171 g/mol. The van der Waals surface area contributed by atoms with Crippen LogP contribution in [0, 0.1) is 5.92 Å². The van der Waals surface area contributed by atoms with Crippen molar-refractivity contribution >= 4 is 0 Å². The molecule has 1 saturated carbocycles. The monoisotopic (exact) mass is 171 g/mol. The number of nitrogens with one attached hydrogen (secondary N) is 1. The Morgan fingerprint density at radius 1 is 1.42 bits per heavy atom. The van der Waals surface area contributed by atoms with Gasteiger partial charge in [-0.15, -0.1) is 0 Å². The van der Waals surface area contributed by atoms with E-state index < -0.39 is 0 Å². The topological polar surface area (TPSA) is 21.3 Å². The molecule has 1 N–H and O–H groups in total. The van der Waals surface area contributed by atoms with Gasteiger partial charge in [-0.3, -0.25) is 0 Å². The molecule has 0 aromatic carbocycles. The number of hydrogen-bond donors (Lipinski definition) is 1. The molecule has 1 rings (SSSR count). The molecule has 1 aliphatic rings. The van der Waals surface area contributed by atoms with Crippen molar-refractivity contribution in [3.63, 3.8) is 0 Å². The maximum atomic E-state index is 5.84. The van der Waals surface area contributed by atoms with E-state index in [1.165, 1.54) is 19.3 Å². The van der Waals surface area contributed by atoms with Crippen molar-refractivity contribution in [3.8, 4) is 0 Å². The van der Waals surface area contributed by atoms with Gasteiger partial charge in [-0.1, -0.05) is 6.42 Å². The van der Waals surface area contributed by atoms with Crippen molar-refractivity contribution in [3.05, 3.63) is 0 Å². The third kappa shape index (κ3) is 2.76. The summed E-state index contributed by atoms with van der Waals surface area (Å²) in [4.78, 5) is 0. The third-order valence-electron chi connectivity index (χ3n) is 2.50. The Morgan fingerprint density at radius 3 is 2.75 bits per heavy atom. The molecule has 0 spiro atoms. The van der Waals surface area contributed by atoms with Gasteiger partial charge in [0.2, 0.25) is 0 Å². The molecule has 2 unspecified atom stereocenters. The second kappa shape index (κ2) is 4.83. The fourth-order valence-electron chi connectivity index (χ4n) is 2.03. The molecular weight excluding hydrogens is 150 g/mol. The SMILES string of the molecule is CNCC1CCCC1OC(C)C. The molecule has 1 fully saturated rings. The summed E-state index contributed by atoms with van der Waals surface area (Å²) in [7, 11) is 2.02. The Kier molecular flexibility index (Phi) is 4.02. The van der Waals surface area contributed by atoms with Gasteiger partial charge in [0, 0.05) is 6.54 Å². The van der Waals surface area contributed by atoms with Gasteiger partial charge in [-0.05, 0) is 39.7 Å². The Balaban J connectivity index is 2.30. The van der Waals surface area contributed by atoms with Crippen LogP contribution in [0.15, 0.2) is 0 Å². The summed E-state index contributed by atoms with van der Waals surface area (Å²) in [5, 5.41) is 3.23. The second-order valence-corrected chi connectivity index (χ2v) is 3.97. The number of rotatable bonds is 4. The summed E-state index contributed by atoms with van der Waals surface area (Å²) >= 11 is 0. The first-order valence-corrected chi connectivity index (χ1v) is 5.04. The van der Waals surface area contributed by atoms with Crippen LogP contribution in [0.5, 0.6) is 0 Å². The molecule has 0 amide bonds. The molecule has 72 valence electrons. The van der Waals surface area contributed by atoms with Gasteiger partial charge in [0.25, 0.3) is 0 Å². The summed E-state index contributed by atoms with van der Waals surface area (Å²) in [6, 6.07) is 0. The Morgan fingerprint density at radius 2 is 2.17 bits per heavy atom. The van der Waals surface area contributed by atoms with E-state index in [1.807, 2.05) is 7.05 Å². The van der Waals surface area contributed by atoms with Crippen LogP contribution >= 0.6 is 0 Å². The average Bonchev–Trinajstić information content (AvgIpc) is 2.37. The molecule has 2 heteroatoms. The van der Waals surface area contributed by atoms with Crippen LogP contribution in [0.25, 0.3) is 0 Å². The zero-order chi connectivity index (χ0) is 8.97. The number of hydrogen-bond acceptors (Lipinski definition) is 2. The third-order valence-corrected chi connectivity index (χ3v) is 2.50. The molecule has 0 bridgehead atoms. The van der Waals surface area contributed by atoms with Gasteiger partial charge in [0.05, 0.1) is 12.2 Å². The van der Waals surface area contributed by atoms with E-state index in [-0.39, 0.29) is 0 Å². The highest BCUT2D eigenvalue weighted by atomic mass is 16.5. The smallest absolute Gasteiger partial charge is 0.0618 e. The van der Waals surface area contributed by atoms with Crippen molar-refractivity contribution in [1.29, 1.82) is 0 Å². The van der Waals surface area contributed by atoms with Gasteiger partial charge in [0.1, 0.15) is 0 Å². The minimum absolute atomic E-state index is 0.382. The maximum absolute atomic E-state index is 5.84. The second-order valence-electron chi connectivity index (χ2n) is 3.97. The fraction of sp³-hybridized carbons (Fsp3) is 1.00. The summed E-state index contributed by atoms with van der Waals surface area (Å²) in [6.45, 7) is 5.35. The first kappa shape index (κ1) is 10.0. The summed E-state index contributed by atoms with van der Waals surface area (Å²) in [5.74, 6) is 0.748. The lowest BCUT2D eigenvalue weighted by molar-refractivity contribution is -0.0124. The molecule has 2 atom stereocenters. The van der Waals surface area contributed by atoms with E-state index in [9.17, 15) is 0 Å². The van der Waals surface area contributed by atoms with Gasteiger partial charge >= 0.3 is 0 Å². The van der Waals surface area contributed by atoms with Crippen molar-refractivity contribution in [2.75, 3.05) is 13.6 Å². The van der Waals surface area contributed by atoms with Crippen LogP contribution in [0.3, 0.4) is 0 Å². The lowest BCUT2D eigenvalue weighted by atomic mass is 10.1. The Bertz CT molecular complexity index is 125. The molecule has 0 aromatic heterocycles. The van der Waals surface area contributed by atoms with Crippen LogP contribution in [0.2, 0.25) is 0 Å². The molecule has 0 saturated heterocycles. The quantitative estimate of drug-likeness (QED) is 0.696. The predicted molar refractivity (Wildman–Crippen MR) is 51.3 cm³/mol. The molecule has 2 nitrogen and oxygen atoms in total. The first-order valence-electron chi connectivity index (χ1n) is 5.04. The zero-order valence-electron chi connectivity index (χ0n) is 8.47. The normalized spacial score (nSPS) is 30.0. The minimum atomic E-state index is 0.382. The highest BCUT2D eigenvalue weighted by molar-refractivity contribution is 4.79. The van der Waals surface area contributed by atoms with E-state index in [0.29, 0.717) is 12.2 Å². The lowest BCUT2D eigenvalue weighted by Crippen LogP contribution is -2.29. The van der Waals surface area contributed by atoms with Gasteiger partial charge in [-0.2, -0.15) is 0 Å². The molecule has 1 aliphatic carbocycles. The van der Waals surface area contributed by atoms with Crippen molar-refractivity contribution in [2.24, 2.45) is 5.92 Å². The maximum Gasteiger partial charge on any atom is 0.0618 e.